The van der Waals surface area contributed by atoms with Crippen molar-refractivity contribution >= 4 is 11.9 Å². The molecule has 0 spiro atoms. The predicted octanol–water partition coefficient (Wildman–Crippen LogP) is -8.93. The molecule has 2 saturated heterocycles. The van der Waals surface area contributed by atoms with Gasteiger partial charge in [0.15, 0.2) is 12.6 Å². The SMILES string of the molecule is O=C([O-])[C@H]1O[C@@H](O)[C@H](O)[C@@H](O)[C@@H]1O.O=C([O-])[C@H]1O[C@@H](O)[C@H](O)[C@@H](O)[C@@H]1O.[Cr+2]. The van der Waals surface area contributed by atoms with E-state index in [9.17, 15) is 19.8 Å². The van der Waals surface area contributed by atoms with E-state index in [1.54, 1.807) is 0 Å². The molecule has 8 N–H and O–H groups in total. The smallest absolute Gasteiger partial charge is 0.547 e. The van der Waals surface area contributed by atoms with Gasteiger partial charge in [0.05, 0.1) is 11.9 Å². The molecule has 0 aromatic rings. The van der Waals surface area contributed by atoms with Crippen LogP contribution in [0, 0.1) is 0 Å². The molecule has 2 fully saturated rings. The van der Waals surface area contributed by atoms with Crippen LogP contribution in [0.4, 0.5) is 0 Å². The van der Waals surface area contributed by atoms with Crippen molar-refractivity contribution < 1.29 is 87.5 Å². The van der Waals surface area contributed by atoms with Crippen molar-refractivity contribution in [2.45, 2.75) is 61.4 Å². The number of carbonyl (C=O) groups is 2. The van der Waals surface area contributed by atoms with Crippen molar-refractivity contribution in [3.8, 4) is 0 Å². The average molecular weight is 438 g/mol. The zero-order chi connectivity index (χ0) is 20.3. The van der Waals surface area contributed by atoms with Gasteiger partial charge in [0.2, 0.25) is 0 Å². The summed E-state index contributed by atoms with van der Waals surface area (Å²) in [6, 6.07) is 0. The third-order valence-corrected chi connectivity index (χ3v) is 3.64. The molecule has 14 nitrogen and oxygen atoms in total. The minimum Gasteiger partial charge on any atom is -0.547 e. The van der Waals surface area contributed by atoms with E-state index in [-0.39, 0.29) is 17.4 Å². The number of hydrogen-bond donors (Lipinski definition) is 8. The van der Waals surface area contributed by atoms with E-state index in [0.717, 1.165) is 0 Å². The van der Waals surface area contributed by atoms with Crippen molar-refractivity contribution in [2.24, 2.45) is 0 Å². The third kappa shape index (κ3) is 6.02. The molecule has 2 aliphatic rings. The molecule has 0 bridgehead atoms. The minimum atomic E-state index is -1.85. The minimum absolute atomic E-state index is 0. The molecule has 0 unspecified atom stereocenters. The molecule has 0 aromatic heterocycles. The zero-order valence-corrected chi connectivity index (χ0v) is 14.5. The van der Waals surface area contributed by atoms with Crippen molar-refractivity contribution in [3.05, 3.63) is 0 Å². The Morgan fingerprint density at radius 3 is 1.04 bits per heavy atom. The Morgan fingerprint density at radius 1 is 0.556 bits per heavy atom. The second-order valence-electron chi connectivity index (χ2n) is 5.48. The van der Waals surface area contributed by atoms with Crippen LogP contribution in [0.2, 0.25) is 0 Å². The molecule has 156 valence electrons. The summed E-state index contributed by atoms with van der Waals surface area (Å²) in [4.78, 5) is 20.5. The Bertz CT molecular complexity index is 460. The van der Waals surface area contributed by atoms with Gasteiger partial charge in [-0.2, -0.15) is 0 Å². The second kappa shape index (κ2) is 10.6. The Hall–Kier alpha value is -0.928. The van der Waals surface area contributed by atoms with Crippen LogP contribution < -0.4 is 10.2 Å². The molecule has 2 heterocycles. The van der Waals surface area contributed by atoms with Gasteiger partial charge in [-0.3, -0.25) is 0 Å². The van der Waals surface area contributed by atoms with Gasteiger partial charge >= 0.3 is 17.4 Å². The fourth-order valence-electron chi connectivity index (χ4n) is 2.11. The maximum absolute atomic E-state index is 10.3. The molecule has 0 aromatic carbocycles. The van der Waals surface area contributed by atoms with Gasteiger partial charge in [0.1, 0.15) is 48.8 Å². The van der Waals surface area contributed by atoms with E-state index in [0.29, 0.717) is 0 Å². The van der Waals surface area contributed by atoms with Gasteiger partial charge in [-0.25, -0.2) is 0 Å². The van der Waals surface area contributed by atoms with Gasteiger partial charge in [-0.15, -0.1) is 0 Å². The summed E-state index contributed by atoms with van der Waals surface area (Å²) in [6.45, 7) is 0. The number of carbonyl (C=O) groups excluding carboxylic acids is 2. The van der Waals surface area contributed by atoms with Crippen molar-refractivity contribution in [1.82, 2.24) is 0 Å². The molecular weight excluding hydrogens is 420 g/mol. The summed E-state index contributed by atoms with van der Waals surface area (Å²) in [7, 11) is 0. The van der Waals surface area contributed by atoms with Crippen LogP contribution in [0.25, 0.3) is 0 Å². The summed E-state index contributed by atoms with van der Waals surface area (Å²) >= 11 is 0. The van der Waals surface area contributed by atoms with E-state index in [1.165, 1.54) is 0 Å². The van der Waals surface area contributed by atoms with E-state index >= 15 is 0 Å². The fourth-order valence-corrected chi connectivity index (χ4v) is 2.11. The maximum atomic E-state index is 10.3. The summed E-state index contributed by atoms with van der Waals surface area (Å²) in [5.41, 5.74) is 0. The van der Waals surface area contributed by atoms with E-state index in [2.05, 4.69) is 9.47 Å². The first-order chi connectivity index (χ1) is 11.9. The molecule has 15 heteroatoms. The number of hydrogen-bond acceptors (Lipinski definition) is 14. The standard InChI is InChI=1S/2C6H10O7.Cr/c2*7-1-2(8)4(5(10)11)13-6(12)3(1)9;/h2*1-4,6-9,12H,(H,10,11);/q;;+2/p-2/t2*1-,2-,3+,4-,6+;/m00./s1. The van der Waals surface area contributed by atoms with Gasteiger partial charge in [0, 0.05) is 0 Å². The van der Waals surface area contributed by atoms with Crippen molar-refractivity contribution in [1.29, 1.82) is 0 Å². The van der Waals surface area contributed by atoms with Crippen molar-refractivity contribution in [2.75, 3.05) is 0 Å². The van der Waals surface area contributed by atoms with Gasteiger partial charge in [-0.1, -0.05) is 0 Å². The number of aliphatic hydroxyl groups is 8. The number of carboxylic acids is 2. The predicted molar refractivity (Wildman–Crippen MR) is 67.8 cm³/mol. The Labute approximate surface area is 161 Å². The van der Waals surface area contributed by atoms with Crippen LogP contribution in [-0.2, 0) is 36.4 Å². The van der Waals surface area contributed by atoms with Gasteiger partial charge in [-0.05, 0) is 0 Å². The number of aliphatic carboxylic acids is 2. The Balaban J connectivity index is 0.000000483. The number of ether oxygens (including phenoxy) is 2. The second-order valence-corrected chi connectivity index (χ2v) is 5.48. The molecule has 0 radical (unpaired) electrons. The van der Waals surface area contributed by atoms with Gasteiger partial charge < -0.3 is 70.1 Å². The van der Waals surface area contributed by atoms with E-state index < -0.39 is 73.4 Å². The maximum Gasteiger partial charge on any atom is 2.00 e. The summed E-state index contributed by atoms with van der Waals surface area (Å²) < 4.78 is 8.55. The fraction of sp³-hybridized carbons (Fsp3) is 0.833. The Kier molecular flexibility index (Phi) is 10.2. The van der Waals surface area contributed by atoms with E-state index in [4.69, 9.17) is 40.9 Å². The normalized spacial score (nSPS) is 44.3. The van der Waals surface area contributed by atoms with Crippen LogP contribution in [-0.4, -0.2) is 114 Å². The van der Waals surface area contributed by atoms with Gasteiger partial charge in [0.25, 0.3) is 0 Å². The first-order valence-corrected chi connectivity index (χ1v) is 7.07. The van der Waals surface area contributed by atoms with Crippen molar-refractivity contribution in [3.63, 3.8) is 0 Å². The molecule has 2 aliphatic heterocycles. The molecule has 0 amide bonds. The molecule has 27 heavy (non-hydrogen) atoms. The van der Waals surface area contributed by atoms with E-state index in [1.807, 2.05) is 0 Å². The topological polar surface area (TPSA) is 261 Å². The third-order valence-electron chi connectivity index (χ3n) is 3.64. The molecule has 0 saturated carbocycles. The van der Waals surface area contributed by atoms with Crippen LogP contribution in [0.1, 0.15) is 0 Å². The van der Waals surface area contributed by atoms with Crippen LogP contribution in [0.15, 0.2) is 0 Å². The first kappa shape index (κ1) is 26.1. The molecule has 2 rings (SSSR count). The van der Waals surface area contributed by atoms with Crippen LogP contribution in [0.3, 0.4) is 0 Å². The zero-order valence-electron chi connectivity index (χ0n) is 13.2. The number of aliphatic hydroxyl groups excluding tert-OH is 8. The Morgan fingerprint density at radius 2 is 0.815 bits per heavy atom. The monoisotopic (exact) mass is 438 g/mol. The summed E-state index contributed by atoms with van der Waals surface area (Å²) in [5.74, 6) is -3.53. The first-order valence-electron chi connectivity index (χ1n) is 7.07. The summed E-state index contributed by atoms with van der Waals surface area (Å²) in [6.07, 6.45) is -18.0. The quantitative estimate of drug-likeness (QED) is 0.199. The number of carboxylic acid groups (broad SMARTS) is 2. The molecular formula is C12H18CrO14. The molecule has 0 aliphatic carbocycles. The molecule has 10 atom stereocenters. The summed E-state index contributed by atoms with van der Waals surface area (Å²) in [5, 5.41) is 92.1. The number of rotatable bonds is 2. The van der Waals surface area contributed by atoms with Crippen LogP contribution >= 0.6 is 0 Å². The van der Waals surface area contributed by atoms with Crippen LogP contribution in [0.5, 0.6) is 0 Å². The average Bonchev–Trinajstić information content (AvgIpc) is 2.57. The largest absolute Gasteiger partial charge is 2.00 e.